The Kier molecular flexibility index (Phi) is 6.21. The average molecular weight is 305 g/mol. The molecule has 1 unspecified atom stereocenters. The predicted octanol–water partition coefficient (Wildman–Crippen LogP) is 1.74. The molecule has 1 fully saturated rings. The van der Waals surface area contributed by atoms with Gasteiger partial charge in [0.05, 0.1) is 12.6 Å². The van der Waals surface area contributed by atoms with E-state index in [-0.39, 0.29) is 24.5 Å². The van der Waals surface area contributed by atoms with Crippen LogP contribution >= 0.6 is 0 Å². The Bertz CT molecular complexity index is 496. The van der Waals surface area contributed by atoms with Crippen LogP contribution in [0.1, 0.15) is 26.2 Å². The minimum atomic E-state index is -0.0566. The Labute approximate surface area is 130 Å². The fraction of sp³-hybridized carbons (Fsp3) is 0.500. The normalized spacial score (nSPS) is 17.0. The van der Waals surface area contributed by atoms with Gasteiger partial charge in [0, 0.05) is 30.9 Å². The zero-order valence-electron chi connectivity index (χ0n) is 12.9. The van der Waals surface area contributed by atoms with Crippen molar-refractivity contribution in [1.82, 2.24) is 5.32 Å². The Morgan fingerprint density at radius 2 is 1.91 bits per heavy atom. The van der Waals surface area contributed by atoms with Gasteiger partial charge in [-0.05, 0) is 37.1 Å². The fourth-order valence-corrected chi connectivity index (χ4v) is 2.20. The summed E-state index contributed by atoms with van der Waals surface area (Å²) >= 11 is 0. The average Bonchev–Trinajstić information content (AvgIpc) is 3.05. The highest BCUT2D eigenvalue weighted by atomic mass is 16.5. The third kappa shape index (κ3) is 5.37. The van der Waals surface area contributed by atoms with E-state index in [1.54, 1.807) is 19.1 Å². The first-order valence-electron chi connectivity index (χ1n) is 7.69. The van der Waals surface area contributed by atoms with Crippen LogP contribution in [0.2, 0.25) is 0 Å². The molecule has 0 spiro atoms. The van der Waals surface area contributed by atoms with Crippen LogP contribution < -0.4 is 16.0 Å². The van der Waals surface area contributed by atoms with E-state index in [1.165, 1.54) is 0 Å². The van der Waals surface area contributed by atoms with E-state index in [9.17, 15) is 9.59 Å². The van der Waals surface area contributed by atoms with Crippen LogP contribution in [0.4, 0.5) is 11.4 Å². The van der Waals surface area contributed by atoms with Crippen molar-refractivity contribution in [2.24, 2.45) is 0 Å². The number of nitrogens with one attached hydrogen (secondary N) is 3. The lowest BCUT2D eigenvalue weighted by Crippen LogP contribution is -2.35. The van der Waals surface area contributed by atoms with Crippen LogP contribution in [-0.4, -0.2) is 37.6 Å². The number of ether oxygens (including phenoxy) is 1. The monoisotopic (exact) mass is 305 g/mol. The maximum Gasteiger partial charge on any atom is 0.239 e. The molecule has 2 amide bonds. The molecule has 1 aliphatic rings. The maximum absolute atomic E-state index is 11.7. The molecule has 120 valence electrons. The van der Waals surface area contributed by atoms with Crippen LogP contribution in [0.25, 0.3) is 0 Å². The Hall–Kier alpha value is -2.08. The third-order valence-corrected chi connectivity index (χ3v) is 3.49. The van der Waals surface area contributed by atoms with Gasteiger partial charge in [-0.15, -0.1) is 0 Å². The van der Waals surface area contributed by atoms with E-state index in [0.29, 0.717) is 13.0 Å². The molecule has 22 heavy (non-hydrogen) atoms. The second kappa shape index (κ2) is 8.38. The van der Waals surface area contributed by atoms with E-state index in [0.717, 1.165) is 30.8 Å². The topological polar surface area (TPSA) is 79.5 Å². The quantitative estimate of drug-likeness (QED) is 0.717. The van der Waals surface area contributed by atoms with Crippen LogP contribution in [0.15, 0.2) is 24.3 Å². The molecule has 0 aromatic heterocycles. The summed E-state index contributed by atoms with van der Waals surface area (Å²) in [6.45, 7) is 3.38. The first-order valence-corrected chi connectivity index (χ1v) is 7.69. The highest BCUT2D eigenvalue weighted by Gasteiger charge is 2.15. The molecular weight excluding hydrogens is 282 g/mol. The van der Waals surface area contributed by atoms with E-state index >= 15 is 0 Å². The van der Waals surface area contributed by atoms with Crippen molar-refractivity contribution in [3.05, 3.63) is 24.3 Å². The molecular formula is C16H23N3O3. The van der Waals surface area contributed by atoms with Gasteiger partial charge in [-0.2, -0.15) is 0 Å². The van der Waals surface area contributed by atoms with Crippen molar-refractivity contribution in [2.75, 3.05) is 30.3 Å². The first kappa shape index (κ1) is 16.3. The van der Waals surface area contributed by atoms with Crippen molar-refractivity contribution in [2.45, 2.75) is 32.3 Å². The van der Waals surface area contributed by atoms with Gasteiger partial charge in [0.25, 0.3) is 0 Å². The summed E-state index contributed by atoms with van der Waals surface area (Å²) in [5.41, 5.74) is 1.59. The highest BCUT2D eigenvalue weighted by molar-refractivity contribution is 5.90. The molecule has 1 atom stereocenters. The van der Waals surface area contributed by atoms with Crippen molar-refractivity contribution in [3.8, 4) is 0 Å². The van der Waals surface area contributed by atoms with Crippen molar-refractivity contribution in [3.63, 3.8) is 0 Å². The van der Waals surface area contributed by atoms with E-state index < -0.39 is 0 Å². The molecule has 0 aliphatic carbocycles. The molecule has 0 radical (unpaired) electrons. The van der Waals surface area contributed by atoms with Crippen LogP contribution in [0, 0.1) is 0 Å². The predicted molar refractivity (Wildman–Crippen MR) is 85.8 cm³/mol. The lowest BCUT2D eigenvalue weighted by atomic mass is 10.2. The Balaban J connectivity index is 1.69. The molecule has 1 aromatic carbocycles. The standard InChI is InChI=1S/C16H23N3O3/c1-2-15(20)19-13-7-5-12(6-8-13)17-11-16(21)18-10-14-4-3-9-22-14/h5-8,14,17H,2-4,9-11H2,1H3,(H,18,21)(H,19,20). The summed E-state index contributed by atoms with van der Waals surface area (Å²) in [6, 6.07) is 7.28. The molecule has 1 heterocycles. The number of hydrogen-bond acceptors (Lipinski definition) is 4. The SMILES string of the molecule is CCC(=O)Nc1ccc(NCC(=O)NCC2CCCO2)cc1. The fourth-order valence-electron chi connectivity index (χ4n) is 2.20. The van der Waals surface area contributed by atoms with Gasteiger partial charge in [-0.3, -0.25) is 9.59 Å². The summed E-state index contributed by atoms with van der Waals surface area (Å²) in [6.07, 6.45) is 2.69. The van der Waals surface area contributed by atoms with Gasteiger partial charge in [-0.1, -0.05) is 6.92 Å². The first-order chi connectivity index (χ1) is 10.7. The number of carbonyl (C=O) groups is 2. The van der Waals surface area contributed by atoms with Gasteiger partial charge < -0.3 is 20.7 Å². The second-order valence-electron chi connectivity index (χ2n) is 5.27. The smallest absolute Gasteiger partial charge is 0.239 e. The van der Waals surface area contributed by atoms with Gasteiger partial charge in [-0.25, -0.2) is 0 Å². The lowest BCUT2D eigenvalue weighted by molar-refractivity contribution is -0.120. The summed E-state index contributed by atoms with van der Waals surface area (Å²) in [5.74, 6) is -0.0759. The summed E-state index contributed by atoms with van der Waals surface area (Å²) in [5, 5.41) is 8.68. The van der Waals surface area contributed by atoms with Gasteiger partial charge in [0.15, 0.2) is 0 Å². The molecule has 0 bridgehead atoms. The molecule has 2 rings (SSSR count). The minimum absolute atomic E-state index is 0.0192. The minimum Gasteiger partial charge on any atom is -0.376 e. The highest BCUT2D eigenvalue weighted by Crippen LogP contribution is 2.13. The van der Waals surface area contributed by atoms with Crippen molar-refractivity contribution >= 4 is 23.2 Å². The maximum atomic E-state index is 11.7. The number of rotatable bonds is 7. The van der Waals surface area contributed by atoms with Gasteiger partial charge >= 0.3 is 0 Å². The van der Waals surface area contributed by atoms with E-state index in [1.807, 2.05) is 12.1 Å². The Morgan fingerprint density at radius 3 is 2.55 bits per heavy atom. The van der Waals surface area contributed by atoms with Gasteiger partial charge in [0.2, 0.25) is 11.8 Å². The Morgan fingerprint density at radius 1 is 1.18 bits per heavy atom. The molecule has 0 saturated carbocycles. The summed E-state index contributed by atoms with van der Waals surface area (Å²) in [7, 11) is 0. The number of carbonyl (C=O) groups excluding carboxylic acids is 2. The van der Waals surface area contributed by atoms with E-state index in [4.69, 9.17) is 4.74 Å². The molecule has 1 aliphatic heterocycles. The van der Waals surface area contributed by atoms with Crippen molar-refractivity contribution in [1.29, 1.82) is 0 Å². The number of hydrogen-bond donors (Lipinski definition) is 3. The van der Waals surface area contributed by atoms with Crippen LogP contribution in [0.3, 0.4) is 0 Å². The molecule has 6 nitrogen and oxygen atoms in total. The molecule has 1 saturated heterocycles. The van der Waals surface area contributed by atoms with Crippen molar-refractivity contribution < 1.29 is 14.3 Å². The second-order valence-corrected chi connectivity index (χ2v) is 5.27. The summed E-state index contributed by atoms with van der Waals surface area (Å²) < 4.78 is 5.45. The molecule has 6 heteroatoms. The van der Waals surface area contributed by atoms with E-state index in [2.05, 4.69) is 16.0 Å². The third-order valence-electron chi connectivity index (χ3n) is 3.49. The zero-order valence-corrected chi connectivity index (χ0v) is 12.9. The number of benzene rings is 1. The number of amides is 2. The summed E-state index contributed by atoms with van der Waals surface area (Å²) in [4.78, 5) is 23.0. The number of anilines is 2. The van der Waals surface area contributed by atoms with Crippen LogP contribution in [-0.2, 0) is 14.3 Å². The van der Waals surface area contributed by atoms with Gasteiger partial charge in [0.1, 0.15) is 0 Å². The largest absolute Gasteiger partial charge is 0.376 e. The van der Waals surface area contributed by atoms with Crippen LogP contribution in [0.5, 0.6) is 0 Å². The molecule has 1 aromatic rings. The lowest BCUT2D eigenvalue weighted by Gasteiger charge is -2.12. The zero-order chi connectivity index (χ0) is 15.8. The molecule has 3 N–H and O–H groups in total.